The van der Waals surface area contributed by atoms with Crippen molar-refractivity contribution in [3.05, 3.63) is 63.6 Å². The number of Topliss-reactive ketones (excluding diaryl/α,β-unsaturated/α-hetero) is 1. The van der Waals surface area contributed by atoms with E-state index in [1.165, 1.54) is 12.1 Å². The molecule has 0 spiro atoms. The van der Waals surface area contributed by atoms with E-state index in [2.05, 4.69) is 20.9 Å². The van der Waals surface area contributed by atoms with Crippen LogP contribution in [0.3, 0.4) is 0 Å². The number of halogens is 2. The maximum absolute atomic E-state index is 13.2. The monoisotopic (exact) mass is 307 g/mol. The average Bonchev–Trinajstić information content (AvgIpc) is 2.31. The zero-order valence-corrected chi connectivity index (χ0v) is 11.4. The minimum Gasteiger partial charge on any atom is -0.294 e. The van der Waals surface area contributed by atoms with Crippen molar-refractivity contribution in [2.45, 2.75) is 13.3 Å². The van der Waals surface area contributed by atoms with Gasteiger partial charge in [0.15, 0.2) is 5.78 Å². The molecule has 0 bridgehead atoms. The molecule has 1 aromatic heterocycles. The highest BCUT2D eigenvalue weighted by Gasteiger charge is 2.09. The molecule has 1 heterocycles. The molecule has 92 valence electrons. The molecule has 0 amide bonds. The van der Waals surface area contributed by atoms with Gasteiger partial charge < -0.3 is 0 Å². The van der Waals surface area contributed by atoms with Gasteiger partial charge in [0.25, 0.3) is 0 Å². The van der Waals surface area contributed by atoms with E-state index >= 15 is 0 Å². The van der Waals surface area contributed by atoms with Gasteiger partial charge in [-0.3, -0.25) is 9.78 Å². The second-order valence-corrected chi connectivity index (χ2v) is 5.00. The van der Waals surface area contributed by atoms with E-state index in [0.717, 1.165) is 10.0 Å². The van der Waals surface area contributed by atoms with Crippen LogP contribution in [0, 0.1) is 12.7 Å². The van der Waals surface area contributed by atoms with E-state index in [-0.39, 0.29) is 18.0 Å². The van der Waals surface area contributed by atoms with Crippen LogP contribution in [0.1, 0.15) is 21.6 Å². The Bertz CT molecular complexity index is 561. The lowest BCUT2D eigenvalue weighted by Crippen LogP contribution is -2.05. The largest absolute Gasteiger partial charge is 0.294 e. The van der Waals surface area contributed by atoms with Crippen LogP contribution in [-0.4, -0.2) is 10.8 Å². The average molecular weight is 308 g/mol. The van der Waals surface area contributed by atoms with Gasteiger partial charge in [0.05, 0.1) is 6.42 Å². The number of carbonyl (C=O) groups is 1. The molecule has 2 aromatic rings. The van der Waals surface area contributed by atoms with Crippen molar-refractivity contribution in [2.75, 3.05) is 0 Å². The third kappa shape index (κ3) is 3.23. The molecular weight excluding hydrogens is 297 g/mol. The molecule has 0 atom stereocenters. The first-order valence-electron chi connectivity index (χ1n) is 5.45. The molecule has 4 heteroatoms. The second kappa shape index (κ2) is 5.40. The fourth-order valence-corrected chi connectivity index (χ4v) is 1.91. The summed E-state index contributed by atoms with van der Waals surface area (Å²) in [5.74, 6) is -0.519. The highest BCUT2D eigenvalue weighted by Crippen LogP contribution is 2.13. The van der Waals surface area contributed by atoms with Crippen molar-refractivity contribution in [1.29, 1.82) is 0 Å². The molecule has 0 aliphatic rings. The summed E-state index contributed by atoms with van der Waals surface area (Å²) in [6.45, 7) is 1.76. The van der Waals surface area contributed by atoms with Crippen molar-refractivity contribution < 1.29 is 9.18 Å². The predicted molar refractivity (Wildman–Crippen MR) is 71.1 cm³/mol. The number of aryl methyl sites for hydroxylation is 1. The molecule has 2 rings (SSSR count). The molecule has 0 unspecified atom stereocenters. The number of aromatic nitrogens is 1. The van der Waals surface area contributed by atoms with Gasteiger partial charge in [0, 0.05) is 21.9 Å². The van der Waals surface area contributed by atoms with Gasteiger partial charge in [-0.05, 0) is 58.7 Å². The first-order chi connectivity index (χ1) is 8.54. The van der Waals surface area contributed by atoms with Gasteiger partial charge >= 0.3 is 0 Å². The summed E-state index contributed by atoms with van der Waals surface area (Å²) in [7, 11) is 0. The van der Waals surface area contributed by atoms with Gasteiger partial charge in [-0.2, -0.15) is 0 Å². The molecule has 0 saturated carbocycles. The summed E-state index contributed by atoms with van der Waals surface area (Å²) in [5, 5.41) is 0. The number of hydrogen-bond acceptors (Lipinski definition) is 2. The smallest absolute Gasteiger partial charge is 0.168 e. The molecule has 0 fully saturated rings. The standard InChI is InChI=1S/C14H11BrFNO/c1-9-4-10(6-12(16)5-9)14(18)7-13-3-2-11(15)8-17-13/h2-6,8H,7H2,1H3. The van der Waals surface area contributed by atoms with Crippen molar-refractivity contribution in [3.63, 3.8) is 0 Å². The molecule has 0 aliphatic carbocycles. The number of hydrogen-bond donors (Lipinski definition) is 0. The van der Waals surface area contributed by atoms with E-state index in [4.69, 9.17) is 0 Å². The lowest BCUT2D eigenvalue weighted by Gasteiger charge is -2.03. The quantitative estimate of drug-likeness (QED) is 0.809. The number of ketones is 1. The van der Waals surface area contributed by atoms with E-state index in [0.29, 0.717) is 11.3 Å². The van der Waals surface area contributed by atoms with Gasteiger partial charge in [-0.1, -0.05) is 0 Å². The Balaban J connectivity index is 2.19. The molecule has 0 aliphatic heterocycles. The van der Waals surface area contributed by atoms with Crippen LogP contribution >= 0.6 is 15.9 Å². The van der Waals surface area contributed by atoms with Gasteiger partial charge in [0.1, 0.15) is 5.82 Å². The van der Waals surface area contributed by atoms with E-state index < -0.39 is 0 Å². The number of benzene rings is 1. The fraction of sp³-hybridized carbons (Fsp3) is 0.143. The van der Waals surface area contributed by atoms with E-state index in [9.17, 15) is 9.18 Å². The molecule has 0 radical (unpaired) electrons. The minimum atomic E-state index is -0.387. The first-order valence-corrected chi connectivity index (χ1v) is 6.25. The van der Waals surface area contributed by atoms with Crippen LogP contribution in [0.15, 0.2) is 41.0 Å². The van der Waals surface area contributed by atoms with Crippen LogP contribution in [-0.2, 0) is 6.42 Å². The minimum absolute atomic E-state index is 0.132. The van der Waals surface area contributed by atoms with Crippen molar-refractivity contribution in [1.82, 2.24) is 4.98 Å². The maximum Gasteiger partial charge on any atom is 0.168 e. The summed E-state index contributed by atoms with van der Waals surface area (Å²) in [4.78, 5) is 16.1. The Labute approximate surface area is 113 Å². The van der Waals surface area contributed by atoms with Crippen molar-refractivity contribution in [2.24, 2.45) is 0 Å². The molecule has 0 saturated heterocycles. The number of carbonyl (C=O) groups excluding carboxylic acids is 1. The van der Waals surface area contributed by atoms with Crippen molar-refractivity contribution >= 4 is 21.7 Å². The lowest BCUT2D eigenvalue weighted by molar-refractivity contribution is 0.0991. The van der Waals surface area contributed by atoms with Crippen LogP contribution < -0.4 is 0 Å². The Morgan fingerprint density at radius 1 is 1.33 bits per heavy atom. The van der Waals surface area contributed by atoms with Crippen LogP contribution in [0.4, 0.5) is 4.39 Å². The highest BCUT2D eigenvalue weighted by molar-refractivity contribution is 9.10. The lowest BCUT2D eigenvalue weighted by atomic mass is 10.0. The van der Waals surface area contributed by atoms with Crippen molar-refractivity contribution in [3.8, 4) is 0 Å². The third-order valence-corrected chi connectivity index (χ3v) is 2.96. The van der Waals surface area contributed by atoms with Crippen LogP contribution in [0.2, 0.25) is 0 Å². The summed E-state index contributed by atoms with van der Waals surface area (Å²) in [5.41, 5.74) is 1.80. The number of nitrogens with zero attached hydrogens (tertiary/aromatic N) is 1. The fourth-order valence-electron chi connectivity index (χ4n) is 1.67. The summed E-state index contributed by atoms with van der Waals surface area (Å²) < 4.78 is 14.1. The molecule has 2 nitrogen and oxygen atoms in total. The third-order valence-electron chi connectivity index (χ3n) is 2.49. The maximum atomic E-state index is 13.2. The SMILES string of the molecule is Cc1cc(F)cc(C(=O)Cc2ccc(Br)cn2)c1. The van der Waals surface area contributed by atoms with Crippen LogP contribution in [0.5, 0.6) is 0 Å². The number of pyridine rings is 1. The molecule has 0 N–H and O–H groups in total. The normalized spacial score (nSPS) is 10.4. The first kappa shape index (κ1) is 12.9. The van der Waals surface area contributed by atoms with Gasteiger partial charge in [-0.25, -0.2) is 4.39 Å². The predicted octanol–water partition coefficient (Wildman–Crippen LogP) is 3.72. The molecular formula is C14H11BrFNO. The van der Waals surface area contributed by atoms with Gasteiger partial charge in [0.2, 0.25) is 0 Å². The topological polar surface area (TPSA) is 30.0 Å². The Morgan fingerprint density at radius 3 is 2.72 bits per heavy atom. The number of rotatable bonds is 3. The van der Waals surface area contributed by atoms with Gasteiger partial charge in [-0.15, -0.1) is 0 Å². The van der Waals surface area contributed by atoms with E-state index in [1.807, 2.05) is 6.07 Å². The van der Waals surface area contributed by atoms with E-state index in [1.54, 1.807) is 25.3 Å². The zero-order chi connectivity index (χ0) is 13.1. The summed E-state index contributed by atoms with van der Waals surface area (Å²) in [6, 6.07) is 7.94. The molecule has 18 heavy (non-hydrogen) atoms. The van der Waals surface area contributed by atoms with Crippen LogP contribution in [0.25, 0.3) is 0 Å². The summed E-state index contributed by atoms with van der Waals surface area (Å²) >= 11 is 3.28. The molecule has 1 aromatic carbocycles. The Kier molecular flexibility index (Phi) is 3.87. The Hall–Kier alpha value is -1.55. The Morgan fingerprint density at radius 2 is 2.11 bits per heavy atom. The zero-order valence-electron chi connectivity index (χ0n) is 9.78. The summed E-state index contributed by atoms with van der Waals surface area (Å²) in [6.07, 6.45) is 1.82. The highest BCUT2D eigenvalue weighted by atomic mass is 79.9. The second-order valence-electron chi connectivity index (χ2n) is 4.08.